The highest BCUT2D eigenvalue weighted by Crippen LogP contribution is 2.64. The zero-order valence-corrected chi connectivity index (χ0v) is 16.2. The fraction of sp³-hybridized carbons (Fsp3) is 0.588. The van der Waals surface area contributed by atoms with Gasteiger partial charge in [-0.05, 0) is 49.7 Å². The summed E-state index contributed by atoms with van der Waals surface area (Å²) in [6.07, 6.45) is 3.15. The lowest BCUT2D eigenvalue weighted by atomic mass is 9.70. The van der Waals surface area contributed by atoms with Gasteiger partial charge in [-0.2, -0.15) is 13.5 Å². The van der Waals surface area contributed by atoms with Crippen LogP contribution in [-0.4, -0.2) is 19.5 Å². The summed E-state index contributed by atoms with van der Waals surface area (Å²) in [6, 6.07) is 6.82. The van der Waals surface area contributed by atoms with Crippen LogP contribution in [-0.2, 0) is 10.0 Å². The highest BCUT2D eigenvalue weighted by molar-refractivity contribution is 9.09. The summed E-state index contributed by atoms with van der Waals surface area (Å²) in [5, 5.41) is 5.27. The highest BCUT2D eigenvalue weighted by Gasteiger charge is 2.62. The Morgan fingerprint density at radius 1 is 1.30 bits per heavy atom. The summed E-state index contributed by atoms with van der Waals surface area (Å²) >= 11 is 3.66. The predicted octanol–water partition coefficient (Wildman–Crippen LogP) is 3.85. The van der Waals surface area contributed by atoms with Crippen LogP contribution in [0.2, 0.25) is 0 Å². The highest BCUT2D eigenvalue weighted by atomic mass is 79.9. The van der Waals surface area contributed by atoms with E-state index >= 15 is 0 Å². The molecule has 2 bridgehead atoms. The van der Waals surface area contributed by atoms with Crippen molar-refractivity contribution in [2.75, 3.05) is 5.33 Å². The van der Waals surface area contributed by atoms with Crippen molar-refractivity contribution in [3.63, 3.8) is 0 Å². The van der Waals surface area contributed by atoms with E-state index < -0.39 is 10.0 Å². The molecule has 6 heteroatoms. The maximum atomic E-state index is 12.4. The van der Waals surface area contributed by atoms with Crippen LogP contribution in [0.25, 0.3) is 0 Å². The maximum Gasteiger partial charge on any atom is 0.276 e. The van der Waals surface area contributed by atoms with Crippen LogP contribution in [0.5, 0.6) is 0 Å². The molecule has 2 aliphatic rings. The van der Waals surface area contributed by atoms with Crippen molar-refractivity contribution in [3.8, 4) is 0 Å². The Morgan fingerprint density at radius 2 is 1.96 bits per heavy atom. The van der Waals surface area contributed by atoms with Crippen molar-refractivity contribution in [1.82, 2.24) is 4.83 Å². The number of nitrogens with one attached hydrogen (secondary N) is 1. The molecule has 3 rings (SSSR count). The summed E-state index contributed by atoms with van der Waals surface area (Å²) in [5.74, 6) is 0.578. The lowest BCUT2D eigenvalue weighted by Crippen LogP contribution is -2.37. The van der Waals surface area contributed by atoms with E-state index in [1.165, 1.54) is 6.42 Å². The fourth-order valence-electron chi connectivity index (χ4n) is 4.09. The molecule has 1 aromatic rings. The molecule has 0 saturated heterocycles. The van der Waals surface area contributed by atoms with Crippen LogP contribution < -0.4 is 4.83 Å². The fourth-order valence-corrected chi connectivity index (χ4v) is 6.00. The Morgan fingerprint density at radius 3 is 2.52 bits per heavy atom. The molecule has 126 valence electrons. The van der Waals surface area contributed by atoms with Gasteiger partial charge >= 0.3 is 0 Å². The van der Waals surface area contributed by atoms with Crippen molar-refractivity contribution in [2.45, 2.75) is 44.9 Å². The molecule has 3 unspecified atom stereocenters. The lowest BCUT2D eigenvalue weighted by Gasteiger charge is -2.36. The predicted molar refractivity (Wildman–Crippen MR) is 96.3 cm³/mol. The maximum absolute atomic E-state index is 12.4. The van der Waals surface area contributed by atoms with E-state index in [0.717, 1.165) is 29.4 Å². The first-order valence-electron chi connectivity index (χ1n) is 7.94. The summed E-state index contributed by atoms with van der Waals surface area (Å²) in [5.41, 5.74) is 2.15. The van der Waals surface area contributed by atoms with Crippen molar-refractivity contribution < 1.29 is 8.42 Å². The zero-order valence-electron chi connectivity index (χ0n) is 13.8. The Labute approximate surface area is 146 Å². The number of sulfonamides is 1. The minimum Gasteiger partial charge on any atom is -0.200 e. The molecule has 0 amide bonds. The molecule has 3 atom stereocenters. The SMILES string of the molecule is Cc1ccc(S(=O)(=O)N/N=C2\CC3CCC2(C)C3(C)CBr)cc1. The van der Waals surface area contributed by atoms with Crippen molar-refractivity contribution in [1.29, 1.82) is 0 Å². The van der Waals surface area contributed by atoms with E-state index in [9.17, 15) is 8.42 Å². The number of nitrogens with zero attached hydrogens (tertiary/aromatic N) is 1. The number of aryl methyl sites for hydroxylation is 1. The second-order valence-corrected chi connectivity index (χ2v) is 9.51. The van der Waals surface area contributed by atoms with E-state index in [-0.39, 0.29) is 15.7 Å². The van der Waals surface area contributed by atoms with E-state index in [1.54, 1.807) is 24.3 Å². The van der Waals surface area contributed by atoms with Gasteiger partial charge in [-0.15, -0.1) is 0 Å². The van der Waals surface area contributed by atoms with Crippen molar-refractivity contribution in [2.24, 2.45) is 21.8 Å². The van der Waals surface area contributed by atoms with Crippen LogP contribution in [0.4, 0.5) is 0 Å². The number of hydrogen-bond acceptors (Lipinski definition) is 3. The lowest BCUT2D eigenvalue weighted by molar-refractivity contribution is 0.203. The van der Waals surface area contributed by atoms with E-state index in [2.05, 4.69) is 39.7 Å². The summed E-state index contributed by atoms with van der Waals surface area (Å²) < 4.78 is 24.8. The minimum absolute atomic E-state index is 0.0308. The number of benzene rings is 1. The number of halogens is 1. The van der Waals surface area contributed by atoms with Gasteiger partial charge in [0.05, 0.1) is 4.90 Å². The molecule has 1 aromatic carbocycles. The topological polar surface area (TPSA) is 58.5 Å². The normalized spacial score (nSPS) is 35.0. The van der Waals surface area contributed by atoms with Gasteiger partial charge in [0.2, 0.25) is 0 Å². The molecule has 2 fully saturated rings. The molecular weight excluding hydrogens is 376 g/mol. The summed E-state index contributed by atoms with van der Waals surface area (Å²) in [7, 11) is -3.60. The zero-order chi connectivity index (χ0) is 16.9. The molecule has 0 aliphatic heterocycles. The third-order valence-corrected chi connectivity index (χ3v) is 8.53. The van der Waals surface area contributed by atoms with Gasteiger partial charge in [-0.1, -0.05) is 47.5 Å². The number of alkyl halides is 1. The second kappa shape index (κ2) is 5.59. The standard InChI is InChI=1S/C17H23BrN2O2S/c1-12-4-6-14(7-5-12)23(21,22)20-19-15-10-13-8-9-16(15,2)17(13,3)11-18/h4-7,13,20H,8-11H2,1-3H3/b19-15+. The van der Waals surface area contributed by atoms with Gasteiger partial charge in [0, 0.05) is 16.5 Å². The molecule has 4 nitrogen and oxygen atoms in total. The average molecular weight is 399 g/mol. The summed E-state index contributed by atoms with van der Waals surface area (Å²) in [4.78, 5) is 2.71. The van der Waals surface area contributed by atoms with Gasteiger partial charge in [0.1, 0.15) is 0 Å². The third-order valence-electron chi connectivity index (χ3n) is 6.14. The van der Waals surface area contributed by atoms with E-state index in [1.807, 2.05) is 6.92 Å². The van der Waals surface area contributed by atoms with Gasteiger partial charge in [0.15, 0.2) is 0 Å². The number of hydrazone groups is 1. The van der Waals surface area contributed by atoms with Crippen LogP contribution in [0.3, 0.4) is 0 Å². The molecule has 1 N–H and O–H groups in total. The van der Waals surface area contributed by atoms with Crippen LogP contribution >= 0.6 is 15.9 Å². The number of rotatable bonds is 4. The van der Waals surface area contributed by atoms with Crippen molar-refractivity contribution in [3.05, 3.63) is 29.8 Å². The molecule has 0 aromatic heterocycles. The Bertz CT molecular complexity index is 744. The van der Waals surface area contributed by atoms with Gasteiger partial charge < -0.3 is 0 Å². The molecule has 0 radical (unpaired) electrons. The molecular formula is C17H23BrN2O2S. The molecule has 0 heterocycles. The molecule has 0 spiro atoms. The van der Waals surface area contributed by atoms with Crippen LogP contribution in [0, 0.1) is 23.7 Å². The van der Waals surface area contributed by atoms with E-state index in [0.29, 0.717) is 5.92 Å². The second-order valence-electron chi connectivity index (χ2n) is 7.29. The number of hydrogen-bond donors (Lipinski definition) is 1. The van der Waals surface area contributed by atoms with Crippen molar-refractivity contribution >= 4 is 31.7 Å². The van der Waals surface area contributed by atoms with Gasteiger partial charge in [0.25, 0.3) is 10.0 Å². The third kappa shape index (κ3) is 2.54. The largest absolute Gasteiger partial charge is 0.276 e. The molecule has 2 saturated carbocycles. The van der Waals surface area contributed by atoms with Crippen LogP contribution in [0.15, 0.2) is 34.3 Å². The molecule has 23 heavy (non-hydrogen) atoms. The first-order valence-corrected chi connectivity index (χ1v) is 10.5. The minimum atomic E-state index is -3.60. The van der Waals surface area contributed by atoms with Crippen LogP contribution in [0.1, 0.15) is 38.7 Å². The molecule has 2 aliphatic carbocycles. The Hall–Kier alpha value is -0.880. The Kier molecular flexibility index (Phi) is 4.12. The quantitative estimate of drug-likeness (QED) is 0.618. The Balaban J connectivity index is 1.85. The van der Waals surface area contributed by atoms with Gasteiger partial charge in [-0.25, -0.2) is 4.83 Å². The monoisotopic (exact) mass is 398 g/mol. The average Bonchev–Trinajstić information content (AvgIpc) is 2.89. The van der Waals surface area contributed by atoms with Gasteiger partial charge in [-0.3, -0.25) is 0 Å². The van der Waals surface area contributed by atoms with E-state index in [4.69, 9.17) is 0 Å². The number of fused-ring (bicyclic) bond motifs is 2. The first kappa shape index (κ1) is 17.0. The summed E-state index contributed by atoms with van der Waals surface area (Å²) in [6.45, 7) is 6.44. The first-order chi connectivity index (χ1) is 10.7. The smallest absolute Gasteiger partial charge is 0.200 e.